The molecular formula is C19H26N4O2. The molecule has 0 spiro atoms. The van der Waals surface area contributed by atoms with Crippen LogP contribution >= 0.6 is 0 Å². The summed E-state index contributed by atoms with van der Waals surface area (Å²) in [6.07, 6.45) is 5.66. The van der Waals surface area contributed by atoms with Crippen LogP contribution in [0.25, 0.3) is 11.4 Å². The lowest BCUT2D eigenvalue weighted by Crippen LogP contribution is -2.46. The molecule has 1 fully saturated rings. The molecule has 1 amide bonds. The Balaban J connectivity index is 1.71. The number of amides is 1. The normalized spacial score (nSPS) is 18.2. The van der Waals surface area contributed by atoms with Crippen molar-refractivity contribution in [3.8, 4) is 11.4 Å². The van der Waals surface area contributed by atoms with Gasteiger partial charge in [0, 0.05) is 43.3 Å². The van der Waals surface area contributed by atoms with Crippen molar-refractivity contribution < 1.29 is 9.53 Å². The number of anilines is 1. The summed E-state index contributed by atoms with van der Waals surface area (Å²) in [6, 6.07) is 7.82. The summed E-state index contributed by atoms with van der Waals surface area (Å²) >= 11 is 0. The standard InChI is InChI=1S/C19H26N4O2/c1-3-4-9-23-10-8-20-18(23)15-6-5-7-16(13-15)21-19(24)17-14-22(2)11-12-25-17/h5-8,10,13,17H,3-4,9,11-12,14H2,1-2H3,(H,21,24)/t17-/m0/s1. The van der Waals surface area contributed by atoms with Gasteiger partial charge in [0.2, 0.25) is 0 Å². The molecule has 2 heterocycles. The summed E-state index contributed by atoms with van der Waals surface area (Å²) in [5.41, 5.74) is 1.77. The van der Waals surface area contributed by atoms with E-state index < -0.39 is 6.10 Å². The van der Waals surface area contributed by atoms with Gasteiger partial charge < -0.3 is 19.5 Å². The van der Waals surface area contributed by atoms with Crippen LogP contribution in [0.15, 0.2) is 36.7 Å². The Morgan fingerprint density at radius 2 is 2.32 bits per heavy atom. The number of nitrogens with zero attached hydrogens (tertiary/aromatic N) is 3. The Labute approximate surface area is 148 Å². The maximum absolute atomic E-state index is 12.4. The molecule has 3 rings (SSSR count). The molecule has 6 nitrogen and oxygen atoms in total. The third-order valence-corrected chi connectivity index (χ3v) is 4.42. The van der Waals surface area contributed by atoms with E-state index in [4.69, 9.17) is 4.74 Å². The monoisotopic (exact) mass is 342 g/mol. The number of nitrogens with one attached hydrogen (secondary N) is 1. The summed E-state index contributed by atoms with van der Waals surface area (Å²) in [5, 5.41) is 2.97. The van der Waals surface area contributed by atoms with Gasteiger partial charge in [0.15, 0.2) is 0 Å². The fourth-order valence-electron chi connectivity index (χ4n) is 2.97. The van der Waals surface area contributed by atoms with Crippen LogP contribution in [-0.4, -0.2) is 53.2 Å². The number of hydrogen-bond donors (Lipinski definition) is 1. The lowest BCUT2D eigenvalue weighted by Gasteiger charge is -2.29. The zero-order chi connectivity index (χ0) is 17.6. The molecule has 25 heavy (non-hydrogen) atoms. The Morgan fingerprint density at radius 3 is 3.12 bits per heavy atom. The van der Waals surface area contributed by atoms with Gasteiger partial charge in [-0.2, -0.15) is 0 Å². The van der Waals surface area contributed by atoms with Crippen molar-refractivity contribution in [2.75, 3.05) is 32.1 Å². The van der Waals surface area contributed by atoms with E-state index in [0.717, 1.165) is 43.0 Å². The SMILES string of the molecule is CCCCn1ccnc1-c1cccc(NC(=O)[C@@H]2CN(C)CCO2)c1. The first-order chi connectivity index (χ1) is 12.2. The number of imidazole rings is 1. The summed E-state index contributed by atoms with van der Waals surface area (Å²) in [5.74, 6) is 0.830. The van der Waals surface area contributed by atoms with E-state index in [2.05, 4.69) is 26.7 Å². The number of morpholine rings is 1. The fourth-order valence-corrected chi connectivity index (χ4v) is 2.97. The third-order valence-electron chi connectivity index (χ3n) is 4.42. The van der Waals surface area contributed by atoms with Crippen LogP contribution in [0, 0.1) is 0 Å². The van der Waals surface area contributed by atoms with Crippen LogP contribution in [0.3, 0.4) is 0 Å². The number of likely N-dealkylation sites (N-methyl/N-ethyl adjacent to an activating group) is 1. The molecule has 0 aliphatic carbocycles. The molecule has 0 radical (unpaired) electrons. The van der Waals surface area contributed by atoms with Crippen LogP contribution in [0.5, 0.6) is 0 Å². The number of unbranched alkanes of at least 4 members (excludes halogenated alkanes) is 1. The second-order valence-corrected chi connectivity index (χ2v) is 6.49. The van der Waals surface area contributed by atoms with Crippen molar-refractivity contribution >= 4 is 11.6 Å². The van der Waals surface area contributed by atoms with Crippen molar-refractivity contribution in [2.24, 2.45) is 0 Å². The number of carbonyl (C=O) groups excluding carboxylic acids is 1. The first-order valence-corrected chi connectivity index (χ1v) is 8.90. The minimum Gasteiger partial charge on any atom is -0.366 e. The highest BCUT2D eigenvalue weighted by molar-refractivity contribution is 5.94. The van der Waals surface area contributed by atoms with Gasteiger partial charge in [-0.05, 0) is 25.6 Å². The number of benzene rings is 1. The number of rotatable bonds is 6. The number of aromatic nitrogens is 2. The van der Waals surface area contributed by atoms with Gasteiger partial charge in [-0.3, -0.25) is 4.79 Å². The molecule has 1 aromatic heterocycles. The largest absolute Gasteiger partial charge is 0.366 e. The average Bonchev–Trinajstić information content (AvgIpc) is 3.08. The summed E-state index contributed by atoms with van der Waals surface area (Å²) in [6.45, 7) is 5.19. The van der Waals surface area contributed by atoms with Crippen molar-refractivity contribution in [1.29, 1.82) is 0 Å². The predicted molar refractivity (Wildman–Crippen MR) is 98.4 cm³/mol. The van der Waals surface area contributed by atoms with Gasteiger partial charge in [0.25, 0.3) is 5.91 Å². The number of hydrogen-bond acceptors (Lipinski definition) is 4. The first kappa shape index (κ1) is 17.6. The van der Waals surface area contributed by atoms with Crippen molar-refractivity contribution in [1.82, 2.24) is 14.5 Å². The quantitative estimate of drug-likeness (QED) is 0.877. The first-order valence-electron chi connectivity index (χ1n) is 8.90. The predicted octanol–water partition coefficient (Wildman–Crippen LogP) is 2.62. The molecule has 1 N–H and O–H groups in total. The van der Waals surface area contributed by atoms with Gasteiger partial charge in [0.1, 0.15) is 11.9 Å². The molecule has 134 valence electrons. The highest BCUT2D eigenvalue weighted by atomic mass is 16.5. The molecule has 1 aliphatic heterocycles. The van der Waals surface area contributed by atoms with E-state index in [1.165, 1.54) is 0 Å². The zero-order valence-electron chi connectivity index (χ0n) is 14.9. The molecule has 1 aliphatic rings. The fraction of sp³-hybridized carbons (Fsp3) is 0.474. The van der Waals surface area contributed by atoms with Gasteiger partial charge >= 0.3 is 0 Å². The minimum absolute atomic E-state index is 0.0991. The molecule has 6 heteroatoms. The molecule has 0 saturated carbocycles. The third kappa shape index (κ3) is 4.46. The van der Waals surface area contributed by atoms with Gasteiger partial charge in [0.05, 0.1) is 6.61 Å². The second-order valence-electron chi connectivity index (χ2n) is 6.49. The van der Waals surface area contributed by atoms with Crippen LogP contribution in [0.1, 0.15) is 19.8 Å². The van der Waals surface area contributed by atoms with E-state index in [1.54, 1.807) is 0 Å². The highest BCUT2D eigenvalue weighted by Gasteiger charge is 2.24. The van der Waals surface area contributed by atoms with Crippen LogP contribution in [0.2, 0.25) is 0 Å². The smallest absolute Gasteiger partial charge is 0.254 e. The lowest BCUT2D eigenvalue weighted by atomic mass is 10.1. The van der Waals surface area contributed by atoms with E-state index in [1.807, 2.05) is 43.7 Å². The van der Waals surface area contributed by atoms with E-state index in [0.29, 0.717) is 13.2 Å². The molecule has 0 unspecified atom stereocenters. The summed E-state index contributed by atoms with van der Waals surface area (Å²) in [4.78, 5) is 19.0. The Morgan fingerprint density at radius 1 is 1.44 bits per heavy atom. The van der Waals surface area contributed by atoms with E-state index in [-0.39, 0.29) is 5.91 Å². The zero-order valence-corrected chi connectivity index (χ0v) is 14.9. The van der Waals surface area contributed by atoms with Crippen molar-refractivity contribution in [3.05, 3.63) is 36.7 Å². The lowest BCUT2D eigenvalue weighted by molar-refractivity contribution is -0.132. The van der Waals surface area contributed by atoms with Gasteiger partial charge in [-0.1, -0.05) is 25.5 Å². The van der Waals surface area contributed by atoms with E-state index >= 15 is 0 Å². The number of ether oxygens (including phenoxy) is 1. The maximum Gasteiger partial charge on any atom is 0.254 e. The van der Waals surface area contributed by atoms with E-state index in [9.17, 15) is 4.79 Å². The molecular weight excluding hydrogens is 316 g/mol. The van der Waals surface area contributed by atoms with Crippen molar-refractivity contribution in [2.45, 2.75) is 32.4 Å². The van der Waals surface area contributed by atoms with Crippen LogP contribution in [0.4, 0.5) is 5.69 Å². The van der Waals surface area contributed by atoms with Crippen LogP contribution in [-0.2, 0) is 16.1 Å². The van der Waals surface area contributed by atoms with Crippen LogP contribution < -0.4 is 5.32 Å². The van der Waals surface area contributed by atoms with Gasteiger partial charge in [-0.15, -0.1) is 0 Å². The molecule has 1 atom stereocenters. The molecule has 1 saturated heterocycles. The Hall–Kier alpha value is -2.18. The Bertz CT molecular complexity index is 713. The van der Waals surface area contributed by atoms with Crippen molar-refractivity contribution in [3.63, 3.8) is 0 Å². The highest BCUT2D eigenvalue weighted by Crippen LogP contribution is 2.22. The maximum atomic E-state index is 12.4. The summed E-state index contributed by atoms with van der Waals surface area (Å²) < 4.78 is 7.73. The van der Waals surface area contributed by atoms with Gasteiger partial charge in [-0.25, -0.2) is 4.98 Å². The molecule has 2 aromatic rings. The molecule has 1 aromatic carbocycles. The molecule has 0 bridgehead atoms. The number of aryl methyl sites for hydroxylation is 1. The number of carbonyl (C=O) groups is 1. The Kier molecular flexibility index (Phi) is 5.83. The summed E-state index contributed by atoms with van der Waals surface area (Å²) in [7, 11) is 2.00. The minimum atomic E-state index is -0.422. The topological polar surface area (TPSA) is 59.4 Å². The second kappa shape index (κ2) is 8.27. The average molecular weight is 342 g/mol.